The molecule has 1 aromatic carbocycles. The maximum absolute atomic E-state index is 11.4. The highest BCUT2D eigenvalue weighted by molar-refractivity contribution is 5.94. The van der Waals surface area contributed by atoms with Gasteiger partial charge < -0.3 is 10.1 Å². The minimum Gasteiger partial charge on any atom is -0.352 e. The summed E-state index contributed by atoms with van der Waals surface area (Å²) < 4.78 is 0. The average Bonchev–Trinajstić information content (AvgIpc) is 2.19. The van der Waals surface area contributed by atoms with Crippen molar-refractivity contribution >= 4 is 12.2 Å². The standard InChI is InChI=1S/C11H13NO2.H2/c1-9-3-5-10(6-4-9)11(14)12-7-2-8-13;/h3-6,8H,2,7H2,1H3,(H,12,14);1H. The number of carbonyl (C=O) groups is 2. The lowest BCUT2D eigenvalue weighted by atomic mass is 10.1. The maximum atomic E-state index is 11.4. The Morgan fingerprint density at radius 3 is 2.64 bits per heavy atom. The molecule has 0 aromatic heterocycles. The fourth-order valence-electron chi connectivity index (χ4n) is 1.05. The van der Waals surface area contributed by atoms with Crippen molar-refractivity contribution in [3.05, 3.63) is 35.4 Å². The molecule has 0 fully saturated rings. The molecular weight excluding hydrogens is 178 g/mol. The van der Waals surface area contributed by atoms with Crippen molar-refractivity contribution in [2.75, 3.05) is 6.54 Å². The van der Waals surface area contributed by atoms with Crippen molar-refractivity contribution in [2.24, 2.45) is 0 Å². The average molecular weight is 193 g/mol. The van der Waals surface area contributed by atoms with Gasteiger partial charge in [-0.3, -0.25) is 4.79 Å². The van der Waals surface area contributed by atoms with E-state index in [1.54, 1.807) is 12.1 Å². The smallest absolute Gasteiger partial charge is 0.251 e. The second-order valence-electron chi connectivity index (χ2n) is 3.08. The minimum absolute atomic E-state index is 0. The Labute approximate surface area is 84.6 Å². The van der Waals surface area contributed by atoms with Gasteiger partial charge in [0.15, 0.2) is 0 Å². The largest absolute Gasteiger partial charge is 0.352 e. The summed E-state index contributed by atoms with van der Waals surface area (Å²) in [5.41, 5.74) is 1.75. The highest BCUT2D eigenvalue weighted by atomic mass is 16.1. The molecule has 14 heavy (non-hydrogen) atoms. The van der Waals surface area contributed by atoms with E-state index in [-0.39, 0.29) is 7.33 Å². The minimum atomic E-state index is -0.133. The van der Waals surface area contributed by atoms with Crippen molar-refractivity contribution < 1.29 is 11.0 Å². The fourth-order valence-corrected chi connectivity index (χ4v) is 1.05. The Kier molecular flexibility index (Phi) is 3.85. The van der Waals surface area contributed by atoms with Crippen LogP contribution in [0.3, 0.4) is 0 Å². The maximum Gasteiger partial charge on any atom is 0.251 e. The quantitative estimate of drug-likeness (QED) is 0.582. The summed E-state index contributed by atoms with van der Waals surface area (Å²) in [6, 6.07) is 7.31. The molecule has 0 bridgehead atoms. The summed E-state index contributed by atoms with van der Waals surface area (Å²) in [6.45, 7) is 2.37. The normalized spacial score (nSPS) is 9.50. The Morgan fingerprint density at radius 1 is 1.43 bits per heavy atom. The van der Waals surface area contributed by atoms with E-state index in [4.69, 9.17) is 0 Å². The highest BCUT2D eigenvalue weighted by Gasteiger charge is 2.02. The Balaban J connectivity index is 0.00000196. The number of aldehydes is 1. The molecule has 0 aliphatic carbocycles. The number of aryl methyl sites for hydroxylation is 1. The van der Waals surface area contributed by atoms with Crippen LogP contribution < -0.4 is 5.32 Å². The molecule has 0 atom stereocenters. The van der Waals surface area contributed by atoms with Crippen LogP contribution >= 0.6 is 0 Å². The van der Waals surface area contributed by atoms with Crippen LogP contribution in [-0.2, 0) is 4.79 Å². The zero-order valence-corrected chi connectivity index (χ0v) is 8.12. The summed E-state index contributed by atoms with van der Waals surface area (Å²) in [5, 5.41) is 2.65. The van der Waals surface area contributed by atoms with Crippen molar-refractivity contribution in [3.63, 3.8) is 0 Å². The molecule has 1 aromatic rings. The number of hydrogen-bond donors (Lipinski definition) is 1. The number of nitrogens with one attached hydrogen (secondary N) is 1. The lowest BCUT2D eigenvalue weighted by molar-refractivity contribution is -0.107. The van der Waals surface area contributed by atoms with Gasteiger partial charge in [-0.2, -0.15) is 0 Å². The van der Waals surface area contributed by atoms with Crippen LogP contribution in [0.4, 0.5) is 0 Å². The SMILES string of the molecule is Cc1ccc(C(=O)NCCC=O)cc1.[HH]. The third-order valence-corrected chi connectivity index (χ3v) is 1.86. The van der Waals surface area contributed by atoms with E-state index in [9.17, 15) is 9.59 Å². The van der Waals surface area contributed by atoms with E-state index < -0.39 is 0 Å². The molecule has 0 saturated carbocycles. The van der Waals surface area contributed by atoms with Gasteiger partial charge in [-0.25, -0.2) is 0 Å². The molecule has 0 unspecified atom stereocenters. The van der Waals surface area contributed by atoms with Crippen LogP contribution in [0.25, 0.3) is 0 Å². The van der Waals surface area contributed by atoms with Crippen LogP contribution in [0.1, 0.15) is 23.8 Å². The molecular formula is C11H15NO2. The monoisotopic (exact) mass is 193 g/mol. The zero-order chi connectivity index (χ0) is 10.4. The van der Waals surface area contributed by atoms with E-state index in [1.807, 2.05) is 19.1 Å². The van der Waals surface area contributed by atoms with Gasteiger partial charge >= 0.3 is 0 Å². The van der Waals surface area contributed by atoms with E-state index in [1.165, 1.54) is 0 Å². The Hall–Kier alpha value is -1.64. The number of carbonyl (C=O) groups excluding carboxylic acids is 2. The first-order valence-corrected chi connectivity index (χ1v) is 4.52. The topological polar surface area (TPSA) is 46.2 Å². The first-order valence-electron chi connectivity index (χ1n) is 4.52. The second kappa shape index (κ2) is 5.17. The van der Waals surface area contributed by atoms with Gasteiger partial charge in [0, 0.05) is 20.0 Å². The molecule has 3 nitrogen and oxygen atoms in total. The zero-order valence-electron chi connectivity index (χ0n) is 8.12. The van der Waals surface area contributed by atoms with E-state index in [0.717, 1.165) is 11.8 Å². The summed E-state index contributed by atoms with van der Waals surface area (Å²) in [6.07, 6.45) is 1.15. The number of benzene rings is 1. The van der Waals surface area contributed by atoms with Gasteiger partial charge in [-0.05, 0) is 19.1 Å². The van der Waals surface area contributed by atoms with Crippen molar-refractivity contribution in [1.29, 1.82) is 0 Å². The van der Waals surface area contributed by atoms with Crippen molar-refractivity contribution in [2.45, 2.75) is 13.3 Å². The molecule has 76 valence electrons. The van der Waals surface area contributed by atoms with Crippen LogP contribution in [0.5, 0.6) is 0 Å². The summed E-state index contributed by atoms with van der Waals surface area (Å²) in [4.78, 5) is 21.4. The third-order valence-electron chi connectivity index (χ3n) is 1.86. The van der Waals surface area contributed by atoms with Gasteiger partial charge in [-0.15, -0.1) is 0 Å². The van der Waals surface area contributed by atoms with Crippen LogP contribution in [0, 0.1) is 6.92 Å². The highest BCUT2D eigenvalue weighted by Crippen LogP contribution is 2.02. The molecule has 1 N–H and O–H groups in total. The Bertz CT molecular complexity index is 322. The molecule has 0 heterocycles. The van der Waals surface area contributed by atoms with E-state index >= 15 is 0 Å². The predicted molar refractivity (Wildman–Crippen MR) is 56.3 cm³/mol. The Morgan fingerprint density at radius 2 is 2.07 bits per heavy atom. The lowest BCUT2D eigenvalue weighted by Crippen LogP contribution is -2.24. The molecule has 0 spiro atoms. The van der Waals surface area contributed by atoms with Crippen LogP contribution in [0.2, 0.25) is 0 Å². The van der Waals surface area contributed by atoms with E-state index in [2.05, 4.69) is 5.32 Å². The number of hydrogen-bond acceptors (Lipinski definition) is 2. The van der Waals surface area contributed by atoms with Gasteiger partial charge in [-0.1, -0.05) is 17.7 Å². The lowest BCUT2D eigenvalue weighted by Gasteiger charge is -2.02. The first-order chi connectivity index (χ1) is 6.74. The third kappa shape index (κ3) is 3.01. The molecule has 0 aliphatic rings. The van der Waals surface area contributed by atoms with Crippen LogP contribution in [0.15, 0.2) is 24.3 Å². The van der Waals surface area contributed by atoms with Crippen molar-refractivity contribution in [3.8, 4) is 0 Å². The second-order valence-corrected chi connectivity index (χ2v) is 3.08. The fraction of sp³-hybridized carbons (Fsp3) is 0.273. The van der Waals surface area contributed by atoms with Crippen LogP contribution in [-0.4, -0.2) is 18.7 Å². The summed E-state index contributed by atoms with van der Waals surface area (Å²) in [5.74, 6) is -0.133. The summed E-state index contributed by atoms with van der Waals surface area (Å²) >= 11 is 0. The van der Waals surface area contributed by atoms with Gasteiger partial charge in [0.2, 0.25) is 0 Å². The van der Waals surface area contributed by atoms with Gasteiger partial charge in [0.25, 0.3) is 5.91 Å². The molecule has 0 aliphatic heterocycles. The molecule has 1 rings (SSSR count). The van der Waals surface area contributed by atoms with Crippen molar-refractivity contribution in [1.82, 2.24) is 5.32 Å². The molecule has 3 heteroatoms. The van der Waals surface area contributed by atoms with Gasteiger partial charge in [0.1, 0.15) is 6.29 Å². The first kappa shape index (κ1) is 10.4. The number of amides is 1. The van der Waals surface area contributed by atoms with E-state index in [0.29, 0.717) is 18.5 Å². The molecule has 0 radical (unpaired) electrons. The number of rotatable bonds is 4. The molecule has 1 amide bonds. The predicted octanol–water partition coefficient (Wildman–Crippen LogP) is 1.56. The van der Waals surface area contributed by atoms with Gasteiger partial charge in [0.05, 0.1) is 0 Å². The molecule has 0 saturated heterocycles. The summed E-state index contributed by atoms with van der Waals surface area (Å²) in [7, 11) is 0.